The number of epoxide rings is 1. The Kier molecular flexibility index (Phi) is 12.1. The molecule has 57 heavy (non-hydrogen) atoms. The highest BCUT2D eigenvalue weighted by atomic mass is 16.6. The molecule has 0 spiro atoms. The lowest BCUT2D eigenvalue weighted by Gasteiger charge is -2.16. The highest BCUT2D eigenvalue weighted by Crippen LogP contribution is 2.40. The van der Waals surface area contributed by atoms with Crippen molar-refractivity contribution in [2.24, 2.45) is 0 Å². The van der Waals surface area contributed by atoms with Gasteiger partial charge in [0.2, 0.25) is 0 Å². The molecule has 1 N–H and O–H groups in total. The average Bonchev–Trinajstić information content (AvgIpc) is 4.07. The smallest absolute Gasteiger partial charge is 0.347 e. The van der Waals surface area contributed by atoms with E-state index in [1.165, 1.54) is 113 Å². The second kappa shape index (κ2) is 17.3. The summed E-state index contributed by atoms with van der Waals surface area (Å²) in [6, 6.07) is 22.2. The zero-order valence-electron chi connectivity index (χ0n) is 31.8. The Bertz CT molecular complexity index is 2310. The molecule has 0 bridgehead atoms. The fourth-order valence-electron chi connectivity index (χ4n) is 5.73. The number of ether oxygens (including phenoxy) is 9. The number of hydrogen-bond acceptors (Lipinski definition) is 14. The van der Waals surface area contributed by atoms with E-state index in [-0.39, 0.29) is 62.9 Å². The number of aryl methyl sites for hydroxylation is 1. The van der Waals surface area contributed by atoms with Crippen LogP contribution < -0.4 is 37.9 Å². The minimum absolute atomic E-state index is 0.0775. The number of aliphatic hydroxyl groups is 1. The number of aliphatic hydroxyl groups excluding tert-OH is 1. The topological polar surface area (TPSA) is 175 Å². The summed E-state index contributed by atoms with van der Waals surface area (Å²) in [5.74, 6) is -0.741. The van der Waals surface area contributed by atoms with Crippen molar-refractivity contribution in [3.05, 3.63) is 130 Å². The first-order valence-corrected chi connectivity index (χ1v) is 17.4. The van der Waals surface area contributed by atoms with E-state index in [2.05, 4.69) is 0 Å². The van der Waals surface area contributed by atoms with E-state index in [1.54, 1.807) is 19.9 Å². The van der Waals surface area contributed by atoms with Gasteiger partial charge in [0.25, 0.3) is 0 Å². The number of methoxy groups -OCH3 is 4. The lowest BCUT2D eigenvalue weighted by molar-refractivity contribution is 0.0714. The molecule has 0 amide bonds. The summed E-state index contributed by atoms with van der Waals surface area (Å²) in [5, 5.41) is 10.0. The van der Waals surface area contributed by atoms with Crippen LogP contribution in [0.3, 0.4) is 0 Å². The minimum Gasteiger partial charge on any atom is -0.496 e. The van der Waals surface area contributed by atoms with Crippen LogP contribution >= 0.6 is 0 Å². The lowest BCUT2D eigenvalue weighted by atomic mass is 10.0. The first-order valence-electron chi connectivity index (χ1n) is 17.4. The number of rotatable bonds is 14. The van der Waals surface area contributed by atoms with Crippen LogP contribution in [0, 0.1) is 6.92 Å². The van der Waals surface area contributed by atoms with Crippen molar-refractivity contribution < 1.29 is 66.9 Å². The number of carbonyl (C=O) groups is 4. The molecule has 0 radical (unpaired) electrons. The maximum atomic E-state index is 13.0. The maximum Gasteiger partial charge on any atom is 0.347 e. The van der Waals surface area contributed by atoms with Crippen molar-refractivity contribution in [3.63, 3.8) is 0 Å². The van der Waals surface area contributed by atoms with Crippen molar-refractivity contribution in [1.82, 2.24) is 0 Å². The number of hydrogen-bond donors (Lipinski definition) is 1. The fourth-order valence-corrected chi connectivity index (χ4v) is 5.73. The average molecular weight is 779 g/mol. The molecule has 0 aliphatic carbocycles. The predicted octanol–water partition coefficient (Wildman–Crippen LogP) is 7.03. The van der Waals surface area contributed by atoms with Gasteiger partial charge in [-0.25, -0.2) is 19.2 Å². The molecule has 14 heteroatoms. The van der Waals surface area contributed by atoms with Crippen LogP contribution in [0.2, 0.25) is 0 Å². The highest BCUT2D eigenvalue weighted by Gasteiger charge is 2.31. The number of benzene rings is 5. The third-order valence-corrected chi connectivity index (χ3v) is 8.83. The summed E-state index contributed by atoms with van der Waals surface area (Å²) in [5.41, 5.74) is 2.33. The Morgan fingerprint density at radius 1 is 0.561 bits per heavy atom. The molecule has 1 heterocycles. The molecule has 0 aromatic heterocycles. The molecule has 1 aliphatic rings. The van der Waals surface area contributed by atoms with Crippen molar-refractivity contribution in [2.45, 2.75) is 26.1 Å². The van der Waals surface area contributed by atoms with Crippen LogP contribution in [0.4, 0.5) is 0 Å². The molecular formula is C43H38O14. The molecule has 5 aromatic rings. The second-order valence-electron chi connectivity index (χ2n) is 12.6. The van der Waals surface area contributed by atoms with Crippen molar-refractivity contribution in [1.29, 1.82) is 0 Å². The Balaban J connectivity index is 1.04. The molecule has 1 aliphatic heterocycles. The summed E-state index contributed by atoms with van der Waals surface area (Å²) in [6.07, 6.45) is -0.978. The van der Waals surface area contributed by atoms with E-state index < -0.39 is 30.0 Å². The molecule has 2 atom stereocenters. The summed E-state index contributed by atoms with van der Waals surface area (Å²) in [7, 11) is 5.75. The predicted molar refractivity (Wildman–Crippen MR) is 202 cm³/mol. The van der Waals surface area contributed by atoms with E-state index in [1.807, 2.05) is 0 Å². The Morgan fingerprint density at radius 3 is 1.49 bits per heavy atom. The number of carbonyl (C=O) groups excluding carboxylic acids is 4. The van der Waals surface area contributed by atoms with Gasteiger partial charge in [0, 0.05) is 11.1 Å². The van der Waals surface area contributed by atoms with Gasteiger partial charge in [0.05, 0.1) is 52.3 Å². The number of esters is 4. The van der Waals surface area contributed by atoms with Crippen LogP contribution in [0.25, 0.3) is 0 Å². The van der Waals surface area contributed by atoms with Crippen LogP contribution in [0.1, 0.15) is 77.3 Å². The Hall–Kier alpha value is -6.90. The van der Waals surface area contributed by atoms with Gasteiger partial charge in [-0.1, -0.05) is 0 Å². The Labute approximate surface area is 327 Å². The van der Waals surface area contributed by atoms with E-state index >= 15 is 0 Å². The van der Waals surface area contributed by atoms with Gasteiger partial charge in [0.1, 0.15) is 63.2 Å². The Morgan fingerprint density at radius 2 is 1.02 bits per heavy atom. The van der Waals surface area contributed by atoms with Gasteiger partial charge < -0.3 is 47.7 Å². The van der Waals surface area contributed by atoms with E-state index in [4.69, 9.17) is 42.6 Å². The first kappa shape index (κ1) is 39.8. The highest BCUT2D eigenvalue weighted by molar-refractivity contribution is 5.96. The summed E-state index contributed by atoms with van der Waals surface area (Å²) >= 11 is 0. The van der Waals surface area contributed by atoms with Crippen LogP contribution in [-0.4, -0.2) is 64.0 Å². The van der Waals surface area contributed by atoms with Gasteiger partial charge in [-0.15, -0.1) is 0 Å². The monoisotopic (exact) mass is 778 g/mol. The van der Waals surface area contributed by atoms with Crippen LogP contribution in [0.5, 0.6) is 46.0 Å². The standard InChI is InChI=1S/C43H38O14/c1-23-17-29(56-40(45)25-7-11-27(12-8-25)54-42(47)32-20-35(49-3)30(24(2)44)18-37(32)51-5)15-16-34(23)57-41(46)26-9-13-28(14-10-26)55-43(48)33-21-36(50-4)31(39-22-53-39)19-38(33)52-6/h7-21,24,39,44H,22H2,1-6H3. The normalized spacial score (nSPS) is 13.4. The molecule has 2 unspecified atom stereocenters. The zero-order valence-corrected chi connectivity index (χ0v) is 31.8. The van der Waals surface area contributed by atoms with Crippen molar-refractivity contribution >= 4 is 23.9 Å². The third kappa shape index (κ3) is 9.15. The molecule has 294 valence electrons. The molecule has 5 aromatic carbocycles. The molecule has 1 fully saturated rings. The molecule has 6 rings (SSSR count). The quantitative estimate of drug-likeness (QED) is 0.0691. The first-order chi connectivity index (χ1) is 27.4. The fraction of sp³-hybridized carbons (Fsp3) is 0.209. The van der Waals surface area contributed by atoms with Crippen LogP contribution in [0.15, 0.2) is 91.0 Å². The van der Waals surface area contributed by atoms with E-state index in [0.29, 0.717) is 29.2 Å². The summed E-state index contributed by atoms with van der Waals surface area (Å²) < 4.78 is 49.0. The minimum atomic E-state index is -0.863. The zero-order chi connectivity index (χ0) is 40.8. The van der Waals surface area contributed by atoms with Crippen molar-refractivity contribution in [3.8, 4) is 46.0 Å². The van der Waals surface area contributed by atoms with Gasteiger partial charge in [-0.2, -0.15) is 0 Å². The molecule has 14 nitrogen and oxygen atoms in total. The summed E-state index contributed by atoms with van der Waals surface area (Å²) in [6.45, 7) is 3.80. The van der Waals surface area contributed by atoms with Crippen LogP contribution in [-0.2, 0) is 4.74 Å². The van der Waals surface area contributed by atoms with Crippen molar-refractivity contribution in [2.75, 3.05) is 35.0 Å². The van der Waals surface area contributed by atoms with E-state index in [0.717, 1.165) is 5.56 Å². The second-order valence-corrected chi connectivity index (χ2v) is 12.6. The molecule has 0 saturated carbocycles. The SMILES string of the molecule is COc1cc(C(C)O)c(OC)cc1C(=O)Oc1ccc(C(=O)Oc2ccc(OC(=O)c3ccc(OC(=O)c4cc(OC)c(C5CO5)cc4OC)cc3)c(C)c2)cc1. The van der Waals surface area contributed by atoms with E-state index in [9.17, 15) is 24.3 Å². The van der Waals surface area contributed by atoms with Gasteiger partial charge >= 0.3 is 23.9 Å². The van der Waals surface area contributed by atoms with Gasteiger partial charge in [-0.3, -0.25) is 0 Å². The van der Waals surface area contributed by atoms with Gasteiger partial charge in [-0.05, 0) is 110 Å². The molecular weight excluding hydrogens is 740 g/mol. The van der Waals surface area contributed by atoms with Gasteiger partial charge in [0.15, 0.2) is 0 Å². The summed E-state index contributed by atoms with van der Waals surface area (Å²) in [4.78, 5) is 51.9. The molecule has 1 saturated heterocycles. The maximum absolute atomic E-state index is 13.0. The largest absolute Gasteiger partial charge is 0.496 e. The third-order valence-electron chi connectivity index (χ3n) is 8.83. The lowest BCUT2D eigenvalue weighted by Crippen LogP contribution is -2.13.